The van der Waals surface area contributed by atoms with E-state index in [0.29, 0.717) is 18.0 Å². The maximum absolute atomic E-state index is 12.9. The van der Waals surface area contributed by atoms with Crippen LogP contribution < -0.4 is 16.0 Å². The van der Waals surface area contributed by atoms with Gasteiger partial charge in [0.25, 0.3) is 5.91 Å². The molecule has 1 aromatic rings. The van der Waals surface area contributed by atoms with Crippen molar-refractivity contribution < 1.29 is 4.79 Å². The lowest BCUT2D eigenvalue weighted by atomic mass is 9.84. The van der Waals surface area contributed by atoms with Crippen molar-refractivity contribution in [2.75, 3.05) is 24.5 Å². The normalized spacial score (nSPS) is 19.0. The molecule has 1 amide bonds. The number of hydrogen-bond donors (Lipinski definition) is 2. The van der Waals surface area contributed by atoms with E-state index >= 15 is 0 Å². The molecular formula is C19H32Cl2N4O. The first-order chi connectivity index (χ1) is 11.8. The summed E-state index contributed by atoms with van der Waals surface area (Å²) >= 11 is 0. The summed E-state index contributed by atoms with van der Waals surface area (Å²) < 4.78 is 0. The van der Waals surface area contributed by atoms with Crippen LogP contribution in [0.15, 0.2) is 18.3 Å². The van der Waals surface area contributed by atoms with Crippen LogP contribution >= 0.6 is 24.8 Å². The van der Waals surface area contributed by atoms with Gasteiger partial charge in [0.1, 0.15) is 5.82 Å². The predicted molar refractivity (Wildman–Crippen MR) is 112 cm³/mol. The van der Waals surface area contributed by atoms with Crippen molar-refractivity contribution >= 4 is 36.5 Å². The van der Waals surface area contributed by atoms with Gasteiger partial charge < -0.3 is 16.0 Å². The van der Waals surface area contributed by atoms with Crippen molar-refractivity contribution in [3.8, 4) is 0 Å². The number of aromatic nitrogens is 1. The molecule has 0 spiro atoms. The van der Waals surface area contributed by atoms with Gasteiger partial charge in [0, 0.05) is 31.9 Å². The lowest BCUT2D eigenvalue weighted by Crippen LogP contribution is -2.46. The lowest BCUT2D eigenvalue weighted by Gasteiger charge is -2.31. The second kappa shape index (κ2) is 11.6. The van der Waals surface area contributed by atoms with Crippen LogP contribution in [0.4, 0.5) is 5.82 Å². The highest BCUT2D eigenvalue weighted by Gasteiger charge is 2.26. The summed E-state index contributed by atoms with van der Waals surface area (Å²) in [7, 11) is 0. The number of pyridine rings is 1. The SMILES string of the molecule is Cl.Cl.NCC(NC(=O)c1cccnc1N1CCCCC1)C1CCCCC1. The summed E-state index contributed by atoms with van der Waals surface area (Å²) in [5.74, 6) is 1.32. The molecule has 1 unspecified atom stereocenters. The molecule has 1 aliphatic carbocycles. The van der Waals surface area contributed by atoms with Crippen molar-refractivity contribution in [3.63, 3.8) is 0 Å². The number of hydrogen-bond acceptors (Lipinski definition) is 4. The van der Waals surface area contributed by atoms with Gasteiger partial charge in [0.2, 0.25) is 0 Å². The van der Waals surface area contributed by atoms with Crippen molar-refractivity contribution in [3.05, 3.63) is 23.9 Å². The number of halogens is 2. The maximum Gasteiger partial charge on any atom is 0.255 e. The van der Waals surface area contributed by atoms with Crippen LogP contribution in [0.5, 0.6) is 0 Å². The first-order valence-electron chi connectivity index (χ1n) is 9.50. The molecular weight excluding hydrogens is 371 g/mol. The highest BCUT2D eigenvalue weighted by Crippen LogP contribution is 2.27. The predicted octanol–water partition coefficient (Wildman–Crippen LogP) is 3.55. The van der Waals surface area contributed by atoms with E-state index in [1.165, 1.54) is 51.4 Å². The molecule has 1 saturated heterocycles. The molecule has 7 heteroatoms. The Bertz CT molecular complexity index is 546. The summed E-state index contributed by atoms with van der Waals surface area (Å²) in [4.78, 5) is 19.6. The number of nitrogens with two attached hydrogens (primary N) is 1. The number of piperidine rings is 1. The molecule has 26 heavy (non-hydrogen) atoms. The standard InChI is InChI=1S/C19H30N4O.2ClH/c20-14-17(15-8-3-1-4-9-15)22-19(24)16-10-7-11-21-18(16)23-12-5-2-6-13-23;;/h7,10-11,15,17H,1-6,8-9,12-14,20H2,(H,22,24);2*1H. The van der Waals surface area contributed by atoms with Gasteiger partial charge in [-0.3, -0.25) is 4.79 Å². The Morgan fingerprint density at radius 3 is 2.46 bits per heavy atom. The number of nitrogens with one attached hydrogen (secondary N) is 1. The van der Waals surface area contributed by atoms with Crippen LogP contribution in [0.25, 0.3) is 0 Å². The van der Waals surface area contributed by atoms with Gasteiger partial charge in [0.05, 0.1) is 5.56 Å². The Labute approximate surface area is 169 Å². The van der Waals surface area contributed by atoms with E-state index in [9.17, 15) is 4.79 Å². The molecule has 1 aliphatic heterocycles. The van der Waals surface area contributed by atoms with Gasteiger partial charge in [-0.05, 0) is 50.2 Å². The second-order valence-corrected chi connectivity index (χ2v) is 7.14. The summed E-state index contributed by atoms with van der Waals surface area (Å²) in [5.41, 5.74) is 6.66. The molecule has 2 fully saturated rings. The first-order valence-corrected chi connectivity index (χ1v) is 9.50. The van der Waals surface area contributed by atoms with Crippen molar-refractivity contribution in [2.45, 2.75) is 57.4 Å². The van der Waals surface area contributed by atoms with Crippen molar-refractivity contribution in [1.29, 1.82) is 0 Å². The Hall–Kier alpha value is -1.04. The molecule has 2 heterocycles. The van der Waals surface area contributed by atoms with Crippen LogP contribution in [-0.2, 0) is 0 Å². The molecule has 1 saturated carbocycles. The third-order valence-electron chi connectivity index (χ3n) is 5.48. The number of carbonyl (C=O) groups is 1. The van der Waals surface area contributed by atoms with Gasteiger partial charge in [-0.15, -0.1) is 24.8 Å². The minimum absolute atomic E-state index is 0. The molecule has 148 valence electrons. The molecule has 5 nitrogen and oxygen atoms in total. The average Bonchev–Trinajstić information content (AvgIpc) is 2.67. The molecule has 1 aromatic heterocycles. The number of rotatable bonds is 5. The van der Waals surface area contributed by atoms with E-state index < -0.39 is 0 Å². The third kappa shape index (κ3) is 5.73. The minimum atomic E-state index is -0.0234. The Balaban J connectivity index is 0.00000169. The fourth-order valence-corrected chi connectivity index (χ4v) is 4.08. The van der Waals surface area contributed by atoms with Gasteiger partial charge in [0.15, 0.2) is 0 Å². The van der Waals surface area contributed by atoms with Gasteiger partial charge in [-0.1, -0.05) is 19.3 Å². The Morgan fingerprint density at radius 1 is 1.15 bits per heavy atom. The Kier molecular flexibility index (Phi) is 10.3. The van der Waals surface area contributed by atoms with Gasteiger partial charge in [-0.25, -0.2) is 4.98 Å². The lowest BCUT2D eigenvalue weighted by molar-refractivity contribution is 0.0915. The highest BCUT2D eigenvalue weighted by molar-refractivity contribution is 5.99. The fourth-order valence-electron chi connectivity index (χ4n) is 4.08. The van der Waals surface area contributed by atoms with Gasteiger partial charge in [-0.2, -0.15) is 0 Å². The van der Waals surface area contributed by atoms with Crippen molar-refractivity contribution in [2.24, 2.45) is 11.7 Å². The van der Waals surface area contributed by atoms with Crippen LogP contribution in [-0.4, -0.2) is 36.6 Å². The van der Waals surface area contributed by atoms with E-state index in [2.05, 4.69) is 15.2 Å². The first kappa shape index (κ1) is 23.0. The summed E-state index contributed by atoms with van der Waals surface area (Å²) in [6.45, 7) is 2.48. The number of anilines is 1. The smallest absolute Gasteiger partial charge is 0.255 e. The monoisotopic (exact) mass is 402 g/mol. The fraction of sp³-hybridized carbons (Fsp3) is 0.684. The third-order valence-corrected chi connectivity index (χ3v) is 5.48. The molecule has 1 atom stereocenters. The maximum atomic E-state index is 12.9. The van der Waals surface area contributed by atoms with Crippen LogP contribution in [0.3, 0.4) is 0 Å². The number of amides is 1. The summed E-state index contributed by atoms with van der Waals surface area (Å²) in [6, 6.07) is 3.81. The highest BCUT2D eigenvalue weighted by atomic mass is 35.5. The van der Waals surface area contributed by atoms with E-state index in [4.69, 9.17) is 5.73 Å². The largest absolute Gasteiger partial charge is 0.356 e. The van der Waals surface area contributed by atoms with E-state index in [1.54, 1.807) is 6.20 Å². The summed E-state index contributed by atoms with van der Waals surface area (Å²) in [5, 5.41) is 3.20. The molecule has 0 bridgehead atoms. The number of carbonyl (C=O) groups excluding carboxylic acids is 1. The zero-order valence-corrected chi connectivity index (χ0v) is 17.0. The molecule has 2 aliphatic rings. The topological polar surface area (TPSA) is 71.2 Å². The Morgan fingerprint density at radius 2 is 1.81 bits per heavy atom. The zero-order chi connectivity index (χ0) is 16.8. The van der Waals surface area contributed by atoms with Gasteiger partial charge >= 0.3 is 0 Å². The van der Waals surface area contributed by atoms with Crippen LogP contribution in [0, 0.1) is 5.92 Å². The minimum Gasteiger partial charge on any atom is -0.356 e. The number of nitrogens with zero attached hydrogens (tertiary/aromatic N) is 2. The summed E-state index contributed by atoms with van der Waals surface area (Å²) in [6.07, 6.45) is 11.6. The van der Waals surface area contributed by atoms with Crippen molar-refractivity contribution in [1.82, 2.24) is 10.3 Å². The second-order valence-electron chi connectivity index (χ2n) is 7.14. The zero-order valence-electron chi connectivity index (χ0n) is 15.4. The van der Waals surface area contributed by atoms with E-state index in [-0.39, 0.29) is 36.8 Å². The average molecular weight is 403 g/mol. The van der Waals surface area contributed by atoms with Crippen LogP contribution in [0.2, 0.25) is 0 Å². The molecule has 3 N–H and O–H groups in total. The quantitative estimate of drug-likeness (QED) is 0.789. The van der Waals surface area contributed by atoms with E-state index in [0.717, 1.165) is 18.9 Å². The molecule has 0 aromatic carbocycles. The van der Waals surface area contributed by atoms with Crippen LogP contribution in [0.1, 0.15) is 61.7 Å². The molecule has 0 radical (unpaired) electrons. The van der Waals surface area contributed by atoms with E-state index in [1.807, 2.05) is 12.1 Å². The molecule has 3 rings (SSSR count).